The number of ether oxygens (including phenoxy) is 1. The summed E-state index contributed by atoms with van der Waals surface area (Å²) in [5, 5.41) is 4.36. The number of hydrogen-bond acceptors (Lipinski definition) is 5. The lowest BCUT2D eigenvalue weighted by Gasteiger charge is -2.19. The molecule has 2 rings (SSSR count). The Bertz CT molecular complexity index is 552. The maximum absolute atomic E-state index is 6.00. The van der Waals surface area contributed by atoms with Crippen molar-refractivity contribution in [3.63, 3.8) is 0 Å². The molecule has 0 aromatic carbocycles. The standard InChI is InChI=1S/C12H17ClN4OS/c1-7(2)17-12(8(18-3)6-15-17)11(16-14)9-4-5-10(13)19-9/h4-7,11,16H,14H2,1-3H3. The van der Waals surface area contributed by atoms with Crippen LogP contribution in [0.15, 0.2) is 18.3 Å². The number of hydrogen-bond donors (Lipinski definition) is 2. The number of thiophene rings is 1. The minimum atomic E-state index is -0.197. The van der Waals surface area contributed by atoms with Crippen LogP contribution in [0.4, 0.5) is 0 Å². The predicted molar refractivity (Wildman–Crippen MR) is 77.7 cm³/mol. The van der Waals surface area contributed by atoms with Gasteiger partial charge in [0, 0.05) is 10.9 Å². The lowest BCUT2D eigenvalue weighted by atomic mass is 10.1. The van der Waals surface area contributed by atoms with E-state index in [1.54, 1.807) is 13.3 Å². The zero-order chi connectivity index (χ0) is 14.0. The quantitative estimate of drug-likeness (QED) is 0.658. The van der Waals surface area contributed by atoms with E-state index in [-0.39, 0.29) is 12.1 Å². The third-order valence-electron chi connectivity index (χ3n) is 2.83. The first-order valence-corrected chi connectivity index (χ1v) is 7.10. The highest BCUT2D eigenvalue weighted by Crippen LogP contribution is 2.35. The monoisotopic (exact) mass is 300 g/mol. The van der Waals surface area contributed by atoms with Gasteiger partial charge in [-0.3, -0.25) is 10.5 Å². The molecule has 7 heteroatoms. The van der Waals surface area contributed by atoms with Crippen molar-refractivity contribution in [1.29, 1.82) is 0 Å². The van der Waals surface area contributed by atoms with Gasteiger partial charge < -0.3 is 4.74 Å². The molecule has 0 aliphatic carbocycles. The van der Waals surface area contributed by atoms with Crippen molar-refractivity contribution in [2.75, 3.05) is 7.11 Å². The van der Waals surface area contributed by atoms with E-state index in [0.29, 0.717) is 5.75 Å². The minimum Gasteiger partial charge on any atom is -0.493 e. The molecule has 19 heavy (non-hydrogen) atoms. The van der Waals surface area contributed by atoms with Crippen molar-refractivity contribution in [1.82, 2.24) is 15.2 Å². The van der Waals surface area contributed by atoms with E-state index in [2.05, 4.69) is 24.4 Å². The molecular weight excluding hydrogens is 284 g/mol. The predicted octanol–water partition coefficient (Wildman–Crippen LogP) is 2.74. The lowest BCUT2D eigenvalue weighted by molar-refractivity contribution is 0.395. The van der Waals surface area contributed by atoms with Crippen LogP contribution in [0, 0.1) is 0 Å². The molecule has 0 bridgehead atoms. The Balaban J connectivity index is 2.50. The summed E-state index contributed by atoms with van der Waals surface area (Å²) in [6.45, 7) is 4.12. The average molecular weight is 301 g/mol. The second kappa shape index (κ2) is 5.92. The molecule has 0 amide bonds. The first kappa shape index (κ1) is 14.3. The average Bonchev–Trinajstić information content (AvgIpc) is 2.97. The van der Waals surface area contributed by atoms with Gasteiger partial charge in [0.05, 0.1) is 17.6 Å². The molecule has 0 aliphatic rings. The highest BCUT2D eigenvalue weighted by molar-refractivity contribution is 7.16. The van der Waals surface area contributed by atoms with Gasteiger partial charge in [0.25, 0.3) is 0 Å². The van der Waals surface area contributed by atoms with Gasteiger partial charge in [-0.2, -0.15) is 5.10 Å². The van der Waals surface area contributed by atoms with Crippen LogP contribution in [0.1, 0.15) is 36.5 Å². The number of hydrazine groups is 1. The van der Waals surface area contributed by atoms with Crippen molar-refractivity contribution in [2.45, 2.75) is 25.9 Å². The van der Waals surface area contributed by atoms with Gasteiger partial charge in [-0.05, 0) is 26.0 Å². The van der Waals surface area contributed by atoms with E-state index in [9.17, 15) is 0 Å². The fraction of sp³-hybridized carbons (Fsp3) is 0.417. The summed E-state index contributed by atoms with van der Waals surface area (Å²) in [6.07, 6.45) is 1.70. The number of halogens is 1. The SMILES string of the molecule is COc1cnn(C(C)C)c1C(NN)c1ccc(Cl)s1. The number of rotatable bonds is 5. The number of aromatic nitrogens is 2. The van der Waals surface area contributed by atoms with Crippen molar-refractivity contribution in [2.24, 2.45) is 5.84 Å². The molecule has 1 unspecified atom stereocenters. The molecule has 3 N–H and O–H groups in total. The third-order valence-corrected chi connectivity index (χ3v) is 4.12. The molecule has 0 saturated heterocycles. The second-order valence-electron chi connectivity index (χ2n) is 4.38. The first-order chi connectivity index (χ1) is 9.08. The normalized spacial score (nSPS) is 12.9. The highest BCUT2D eigenvalue weighted by atomic mass is 35.5. The molecule has 0 saturated carbocycles. The third kappa shape index (κ3) is 2.76. The largest absolute Gasteiger partial charge is 0.493 e. The van der Waals surface area contributed by atoms with E-state index in [0.717, 1.165) is 14.9 Å². The topological polar surface area (TPSA) is 65.1 Å². The van der Waals surface area contributed by atoms with Crippen molar-refractivity contribution >= 4 is 22.9 Å². The number of nitrogens with two attached hydrogens (primary N) is 1. The summed E-state index contributed by atoms with van der Waals surface area (Å²) in [5.74, 6) is 6.42. The van der Waals surface area contributed by atoms with E-state index >= 15 is 0 Å². The minimum absolute atomic E-state index is 0.197. The maximum Gasteiger partial charge on any atom is 0.162 e. The van der Waals surface area contributed by atoms with Crippen LogP contribution in [-0.4, -0.2) is 16.9 Å². The van der Waals surface area contributed by atoms with E-state index in [4.69, 9.17) is 22.2 Å². The second-order valence-corrected chi connectivity index (χ2v) is 6.12. The molecule has 2 aromatic heterocycles. The van der Waals surface area contributed by atoms with Crippen LogP contribution >= 0.6 is 22.9 Å². The van der Waals surface area contributed by atoms with Crippen LogP contribution in [0.2, 0.25) is 4.34 Å². The van der Waals surface area contributed by atoms with Gasteiger partial charge in [0.2, 0.25) is 0 Å². The molecule has 0 aliphatic heterocycles. The van der Waals surface area contributed by atoms with Gasteiger partial charge in [0.1, 0.15) is 11.7 Å². The van der Waals surface area contributed by atoms with Gasteiger partial charge in [-0.15, -0.1) is 11.3 Å². The molecule has 104 valence electrons. The number of nitrogens with one attached hydrogen (secondary N) is 1. The Morgan fingerprint density at radius 1 is 1.47 bits per heavy atom. The Morgan fingerprint density at radius 2 is 2.21 bits per heavy atom. The van der Waals surface area contributed by atoms with E-state index in [1.807, 2.05) is 16.8 Å². The maximum atomic E-state index is 6.00. The Hall–Kier alpha value is -1.08. The Morgan fingerprint density at radius 3 is 2.68 bits per heavy atom. The van der Waals surface area contributed by atoms with Gasteiger partial charge in [-0.25, -0.2) is 5.43 Å². The summed E-state index contributed by atoms with van der Waals surface area (Å²) < 4.78 is 8.01. The Labute approximate surface area is 121 Å². The van der Waals surface area contributed by atoms with Gasteiger partial charge in [-0.1, -0.05) is 11.6 Å². The first-order valence-electron chi connectivity index (χ1n) is 5.91. The zero-order valence-electron chi connectivity index (χ0n) is 11.1. The Kier molecular flexibility index (Phi) is 4.46. The van der Waals surface area contributed by atoms with Crippen molar-refractivity contribution in [3.05, 3.63) is 33.2 Å². The van der Waals surface area contributed by atoms with Crippen LogP contribution in [0.25, 0.3) is 0 Å². The van der Waals surface area contributed by atoms with Gasteiger partial charge in [0.15, 0.2) is 5.75 Å². The van der Waals surface area contributed by atoms with E-state index < -0.39 is 0 Å². The number of methoxy groups -OCH3 is 1. The molecule has 2 aromatic rings. The molecule has 0 spiro atoms. The van der Waals surface area contributed by atoms with Crippen LogP contribution < -0.4 is 16.0 Å². The van der Waals surface area contributed by atoms with E-state index in [1.165, 1.54) is 11.3 Å². The van der Waals surface area contributed by atoms with Gasteiger partial charge >= 0.3 is 0 Å². The molecule has 1 atom stereocenters. The van der Waals surface area contributed by atoms with Crippen LogP contribution in [0.3, 0.4) is 0 Å². The van der Waals surface area contributed by atoms with Crippen molar-refractivity contribution < 1.29 is 4.74 Å². The van der Waals surface area contributed by atoms with Crippen LogP contribution in [-0.2, 0) is 0 Å². The molecule has 2 heterocycles. The molecule has 5 nitrogen and oxygen atoms in total. The molecule has 0 fully saturated rings. The van der Waals surface area contributed by atoms with Crippen molar-refractivity contribution in [3.8, 4) is 5.75 Å². The fourth-order valence-corrected chi connectivity index (χ4v) is 3.10. The number of nitrogens with zero attached hydrogens (tertiary/aromatic N) is 2. The molecule has 0 radical (unpaired) electrons. The highest BCUT2D eigenvalue weighted by Gasteiger charge is 2.25. The lowest BCUT2D eigenvalue weighted by Crippen LogP contribution is -2.30. The summed E-state index contributed by atoms with van der Waals surface area (Å²) in [4.78, 5) is 1.02. The van der Waals surface area contributed by atoms with Crippen LogP contribution in [0.5, 0.6) is 5.75 Å². The summed E-state index contributed by atoms with van der Waals surface area (Å²) in [5.41, 5.74) is 3.72. The summed E-state index contributed by atoms with van der Waals surface area (Å²) in [7, 11) is 1.63. The summed E-state index contributed by atoms with van der Waals surface area (Å²) in [6, 6.07) is 3.82. The fourth-order valence-electron chi connectivity index (χ4n) is 1.98. The smallest absolute Gasteiger partial charge is 0.162 e. The molecular formula is C12H17ClN4OS. The summed E-state index contributed by atoms with van der Waals surface area (Å²) >= 11 is 7.48. The zero-order valence-corrected chi connectivity index (χ0v) is 12.6.